The number of fused-ring (bicyclic) bond motifs is 1. The average Bonchev–Trinajstić information content (AvgIpc) is 2.94. The quantitative estimate of drug-likeness (QED) is 0.888. The monoisotopic (exact) mass is 310 g/mol. The van der Waals surface area contributed by atoms with E-state index in [4.69, 9.17) is 23.7 Å². The van der Waals surface area contributed by atoms with Gasteiger partial charge in [0, 0.05) is 0 Å². The fraction of sp³-hybridized carbons (Fsp3) is 0.625. The Balaban J connectivity index is 1.47. The number of hydrogen-bond donors (Lipinski definition) is 1. The molecule has 0 bridgehead atoms. The second-order valence-corrected chi connectivity index (χ2v) is 6.00. The van der Waals surface area contributed by atoms with Gasteiger partial charge in [-0.2, -0.15) is 0 Å². The normalized spacial score (nSPS) is 32.9. The fourth-order valence-corrected chi connectivity index (χ4v) is 2.71. The third-order valence-electron chi connectivity index (χ3n) is 3.82. The van der Waals surface area contributed by atoms with Gasteiger partial charge in [0.05, 0.1) is 20.3 Å². The van der Waals surface area contributed by atoms with Crippen molar-refractivity contribution in [2.75, 3.05) is 13.7 Å². The highest BCUT2D eigenvalue weighted by atomic mass is 16.8. The van der Waals surface area contributed by atoms with E-state index in [9.17, 15) is 5.11 Å². The smallest absolute Gasteiger partial charge is 0.190 e. The van der Waals surface area contributed by atoms with Gasteiger partial charge >= 0.3 is 0 Å². The summed E-state index contributed by atoms with van der Waals surface area (Å²) in [6, 6.07) is 7.64. The molecule has 0 amide bonds. The highest BCUT2D eigenvalue weighted by Gasteiger charge is 2.54. The van der Waals surface area contributed by atoms with Crippen LogP contribution in [0.15, 0.2) is 24.3 Å². The molecule has 6 heteroatoms. The van der Waals surface area contributed by atoms with E-state index < -0.39 is 30.4 Å². The largest absolute Gasteiger partial charge is 0.497 e. The van der Waals surface area contributed by atoms with Gasteiger partial charge in [0.2, 0.25) is 0 Å². The van der Waals surface area contributed by atoms with E-state index >= 15 is 0 Å². The van der Waals surface area contributed by atoms with E-state index in [1.807, 2.05) is 24.3 Å². The van der Waals surface area contributed by atoms with E-state index in [0.717, 1.165) is 11.3 Å². The molecule has 122 valence electrons. The maximum Gasteiger partial charge on any atom is 0.190 e. The molecule has 0 spiro atoms. The van der Waals surface area contributed by atoms with Gasteiger partial charge in [-0.05, 0) is 31.5 Å². The Hall–Kier alpha value is -1.18. The van der Waals surface area contributed by atoms with Crippen LogP contribution < -0.4 is 4.74 Å². The Morgan fingerprint density at radius 1 is 1.18 bits per heavy atom. The molecule has 4 atom stereocenters. The fourth-order valence-electron chi connectivity index (χ4n) is 2.71. The first-order valence-corrected chi connectivity index (χ1v) is 7.38. The van der Waals surface area contributed by atoms with Crippen LogP contribution in [0.25, 0.3) is 0 Å². The maximum atomic E-state index is 10.2. The molecule has 3 rings (SSSR count). The van der Waals surface area contributed by atoms with Crippen LogP contribution in [0.4, 0.5) is 0 Å². The lowest BCUT2D eigenvalue weighted by Crippen LogP contribution is -2.36. The van der Waals surface area contributed by atoms with Crippen molar-refractivity contribution in [3.63, 3.8) is 0 Å². The Morgan fingerprint density at radius 2 is 1.91 bits per heavy atom. The van der Waals surface area contributed by atoms with Crippen molar-refractivity contribution in [2.45, 2.75) is 50.8 Å². The van der Waals surface area contributed by atoms with Gasteiger partial charge in [-0.1, -0.05) is 12.1 Å². The molecule has 6 nitrogen and oxygen atoms in total. The van der Waals surface area contributed by atoms with Crippen molar-refractivity contribution >= 4 is 0 Å². The van der Waals surface area contributed by atoms with Crippen molar-refractivity contribution in [1.82, 2.24) is 0 Å². The molecule has 22 heavy (non-hydrogen) atoms. The van der Waals surface area contributed by atoms with Crippen molar-refractivity contribution in [1.29, 1.82) is 0 Å². The number of aliphatic hydroxyl groups excluding tert-OH is 1. The molecule has 2 heterocycles. The van der Waals surface area contributed by atoms with Crippen LogP contribution >= 0.6 is 0 Å². The molecule has 0 radical (unpaired) electrons. The number of aliphatic hydroxyl groups is 1. The van der Waals surface area contributed by atoms with Crippen molar-refractivity contribution in [3.05, 3.63) is 29.8 Å². The average molecular weight is 310 g/mol. The number of rotatable bonds is 5. The van der Waals surface area contributed by atoms with Crippen LogP contribution in [0.3, 0.4) is 0 Å². The Kier molecular flexibility index (Phi) is 4.38. The second-order valence-electron chi connectivity index (χ2n) is 6.00. The minimum absolute atomic E-state index is 0.285. The number of benzene rings is 1. The highest BCUT2D eigenvalue weighted by molar-refractivity contribution is 5.26. The van der Waals surface area contributed by atoms with Gasteiger partial charge < -0.3 is 28.8 Å². The number of hydrogen-bond acceptors (Lipinski definition) is 6. The molecule has 0 saturated carbocycles. The molecular formula is C16H22O6. The Morgan fingerprint density at radius 3 is 2.55 bits per heavy atom. The predicted molar refractivity (Wildman–Crippen MR) is 77.4 cm³/mol. The second kappa shape index (κ2) is 6.14. The molecule has 0 aliphatic carbocycles. The summed E-state index contributed by atoms with van der Waals surface area (Å²) in [5.74, 6) is 0.0913. The van der Waals surface area contributed by atoms with Crippen LogP contribution in [0.5, 0.6) is 5.75 Å². The summed E-state index contributed by atoms with van der Waals surface area (Å²) < 4.78 is 27.6. The van der Waals surface area contributed by atoms with Gasteiger partial charge in [0.1, 0.15) is 24.1 Å². The number of methoxy groups -OCH3 is 1. The third kappa shape index (κ3) is 3.26. The molecule has 2 saturated heterocycles. The zero-order chi connectivity index (χ0) is 15.7. The maximum absolute atomic E-state index is 10.2. The zero-order valence-electron chi connectivity index (χ0n) is 13.0. The van der Waals surface area contributed by atoms with Crippen LogP contribution in [0, 0.1) is 0 Å². The van der Waals surface area contributed by atoms with E-state index in [-0.39, 0.29) is 6.61 Å². The first-order chi connectivity index (χ1) is 10.5. The third-order valence-corrected chi connectivity index (χ3v) is 3.82. The van der Waals surface area contributed by atoms with Crippen molar-refractivity contribution in [3.8, 4) is 5.75 Å². The van der Waals surface area contributed by atoms with Crippen LogP contribution in [0.2, 0.25) is 0 Å². The molecule has 2 aliphatic rings. The van der Waals surface area contributed by atoms with Gasteiger partial charge in [-0.25, -0.2) is 0 Å². The van der Waals surface area contributed by atoms with Gasteiger partial charge in [-0.15, -0.1) is 0 Å². The van der Waals surface area contributed by atoms with E-state index in [0.29, 0.717) is 6.61 Å². The Labute approximate surface area is 129 Å². The lowest BCUT2D eigenvalue weighted by molar-refractivity contribution is -0.220. The van der Waals surface area contributed by atoms with Gasteiger partial charge in [0.25, 0.3) is 0 Å². The van der Waals surface area contributed by atoms with Crippen molar-refractivity contribution in [2.24, 2.45) is 0 Å². The summed E-state index contributed by atoms with van der Waals surface area (Å²) in [5, 5.41) is 10.2. The molecule has 0 unspecified atom stereocenters. The SMILES string of the molecule is COc1ccc(COC[C@H]2O[C@@H]3OC(C)(C)O[C@@H]3[C@H]2O)cc1. The van der Waals surface area contributed by atoms with E-state index in [1.165, 1.54) is 0 Å². The van der Waals surface area contributed by atoms with Crippen molar-refractivity contribution < 1.29 is 28.8 Å². The number of ether oxygens (including phenoxy) is 5. The van der Waals surface area contributed by atoms with Gasteiger partial charge in [0.15, 0.2) is 12.1 Å². The topological polar surface area (TPSA) is 66.4 Å². The lowest BCUT2D eigenvalue weighted by atomic mass is 10.1. The molecule has 2 fully saturated rings. The molecular weight excluding hydrogens is 288 g/mol. The lowest BCUT2D eigenvalue weighted by Gasteiger charge is -2.22. The minimum Gasteiger partial charge on any atom is -0.497 e. The van der Waals surface area contributed by atoms with Crippen LogP contribution in [0.1, 0.15) is 19.4 Å². The minimum atomic E-state index is -0.748. The molecule has 2 aliphatic heterocycles. The first-order valence-electron chi connectivity index (χ1n) is 7.38. The predicted octanol–water partition coefficient (Wildman–Crippen LogP) is 1.45. The summed E-state index contributed by atoms with van der Waals surface area (Å²) in [6.45, 7) is 4.33. The van der Waals surface area contributed by atoms with E-state index in [2.05, 4.69) is 0 Å². The van der Waals surface area contributed by atoms with Crippen LogP contribution in [-0.2, 0) is 25.6 Å². The summed E-state index contributed by atoms with van der Waals surface area (Å²) in [4.78, 5) is 0. The molecule has 0 aromatic heterocycles. The van der Waals surface area contributed by atoms with E-state index in [1.54, 1.807) is 21.0 Å². The molecule has 1 aromatic rings. The summed E-state index contributed by atoms with van der Waals surface area (Å²) in [6.07, 6.45) is -2.17. The summed E-state index contributed by atoms with van der Waals surface area (Å²) in [5.41, 5.74) is 1.03. The molecule has 1 aromatic carbocycles. The zero-order valence-corrected chi connectivity index (χ0v) is 13.0. The van der Waals surface area contributed by atoms with Gasteiger partial charge in [-0.3, -0.25) is 0 Å². The highest BCUT2D eigenvalue weighted by Crippen LogP contribution is 2.37. The molecule has 1 N–H and O–H groups in total. The Bertz CT molecular complexity index is 500. The summed E-state index contributed by atoms with van der Waals surface area (Å²) in [7, 11) is 1.63. The standard InChI is InChI=1S/C16H22O6/c1-16(2)21-14-13(17)12(20-15(14)22-16)9-19-8-10-4-6-11(18-3)7-5-10/h4-7,12-15,17H,8-9H2,1-3H3/t12-,13+,14-,15-/m1/s1. The van der Waals surface area contributed by atoms with Crippen LogP contribution in [-0.4, -0.2) is 49.2 Å². The first kappa shape index (κ1) is 15.7. The summed E-state index contributed by atoms with van der Waals surface area (Å²) >= 11 is 0.